The van der Waals surface area contributed by atoms with Crippen molar-refractivity contribution in [2.45, 2.75) is 12.8 Å². The molecule has 0 saturated heterocycles. The molecule has 0 aliphatic heterocycles. The summed E-state index contributed by atoms with van der Waals surface area (Å²) in [5.74, 6) is 0. The Morgan fingerprint density at radius 1 is 0.846 bits per heavy atom. The van der Waals surface area contributed by atoms with Crippen molar-refractivity contribution in [1.29, 1.82) is 0 Å². The van der Waals surface area contributed by atoms with E-state index in [1.165, 1.54) is 22.3 Å². The van der Waals surface area contributed by atoms with E-state index in [4.69, 9.17) is 0 Å². The molecule has 0 N–H and O–H groups in total. The first kappa shape index (κ1) is 7.14. The predicted octanol–water partition coefficient (Wildman–Crippen LogP) is 2.92. The van der Waals surface area contributed by atoms with Crippen LogP contribution in [0.15, 0.2) is 30.4 Å². The first-order valence-electron chi connectivity index (χ1n) is 4.76. The Balaban J connectivity index is 2.17. The summed E-state index contributed by atoms with van der Waals surface area (Å²) in [5, 5.41) is 0. The number of allylic oxidation sites excluding steroid dienone is 3. The molecule has 1 aromatic carbocycles. The molecular formula is C13H11. The van der Waals surface area contributed by atoms with Gasteiger partial charge < -0.3 is 0 Å². The molecule has 0 unspecified atom stereocenters. The van der Waals surface area contributed by atoms with Gasteiger partial charge in [0.1, 0.15) is 0 Å². The molecule has 1 radical (unpaired) electrons. The topological polar surface area (TPSA) is 0 Å². The van der Waals surface area contributed by atoms with Gasteiger partial charge in [-0.05, 0) is 35.1 Å². The van der Waals surface area contributed by atoms with Crippen molar-refractivity contribution in [2.75, 3.05) is 0 Å². The van der Waals surface area contributed by atoms with Crippen LogP contribution in [0.1, 0.15) is 22.3 Å². The lowest BCUT2D eigenvalue weighted by molar-refractivity contribution is 1.09. The zero-order valence-electron chi connectivity index (χ0n) is 7.46. The highest BCUT2D eigenvalue weighted by Gasteiger charge is 2.11. The standard InChI is InChI=1S/C13H11/c1-2-5-11-9-13-7-3-6-12(13)8-10(11)4-1/h1-3,6-9H,4-5H2. The zero-order valence-corrected chi connectivity index (χ0v) is 7.46. The Morgan fingerprint density at radius 2 is 1.54 bits per heavy atom. The Kier molecular flexibility index (Phi) is 1.42. The molecule has 0 saturated carbocycles. The highest BCUT2D eigenvalue weighted by atomic mass is 14.2. The van der Waals surface area contributed by atoms with Crippen molar-refractivity contribution in [2.24, 2.45) is 0 Å². The van der Waals surface area contributed by atoms with Crippen LogP contribution in [-0.4, -0.2) is 0 Å². The van der Waals surface area contributed by atoms with Gasteiger partial charge >= 0.3 is 0 Å². The summed E-state index contributed by atoms with van der Waals surface area (Å²) in [6.07, 6.45) is 13.2. The van der Waals surface area contributed by atoms with E-state index in [2.05, 4.69) is 42.9 Å². The number of benzene rings is 1. The molecule has 2 aliphatic carbocycles. The first-order chi connectivity index (χ1) is 6.43. The van der Waals surface area contributed by atoms with Crippen LogP contribution in [0.25, 0.3) is 6.08 Å². The third kappa shape index (κ3) is 1.06. The minimum atomic E-state index is 1.11. The molecule has 0 bridgehead atoms. The molecular weight excluding hydrogens is 156 g/mol. The molecule has 13 heavy (non-hydrogen) atoms. The molecule has 0 heterocycles. The molecule has 0 amide bonds. The highest BCUT2D eigenvalue weighted by molar-refractivity contribution is 5.67. The summed E-state index contributed by atoms with van der Waals surface area (Å²) >= 11 is 0. The lowest BCUT2D eigenvalue weighted by Gasteiger charge is -2.12. The van der Waals surface area contributed by atoms with Gasteiger partial charge in [-0.15, -0.1) is 0 Å². The summed E-state index contributed by atoms with van der Waals surface area (Å²) in [6.45, 7) is 0. The molecule has 0 fully saturated rings. The van der Waals surface area contributed by atoms with E-state index < -0.39 is 0 Å². The number of hydrogen-bond donors (Lipinski definition) is 0. The lowest BCUT2D eigenvalue weighted by Crippen LogP contribution is -1.98. The molecule has 0 atom stereocenters. The average Bonchev–Trinajstić information content (AvgIpc) is 2.61. The third-order valence-corrected chi connectivity index (χ3v) is 2.80. The third-order valence-electron chi connectivity index (χ3n) is 2.80. The Hall–Kier alpha value is -1.30. The van der Waals surface area contributed by atoms with Crippen LogP contribution in [0.3, 0.4) is 0 Å². The fourth-order valence-corrected chi connectivity index (χ4v) is 2.07. The lowest BCUT2D eigenvalue weighted by atomic mass is 9.92. The van der Waals surface area contributed by atoms with E-state index in [-0.39, 0.29) is 0 Å². The average molecular weight is 167 g/mol. The van der Waals surface area contributed by atoms with E-state index in [1.54, 1.807) is 0 Å². The molecule has 1 aromatic rings. The molecule has 0 aromatic heterocycles. The molecule has 2 aliphatic rings. The second-order valence-corrected chi connectivity index (χ2v) is 3.66. The molecule has 0 nitrogen and oxygen atoms in total. The molecule has 3 rings (SSSR count). The van der Waals surface area contributed by atoms with Gasteiger partial charge in [0.15, 0.2) is 0 Å². The van der Waals surface area contributed by atoms with Crippen LogP contribution >= 0.6 is 0 Å². The summed E-state index contributed by atoms with van der Waals surface area (Å²) in [7, 11) is 0. The van der Waals surface area contributed by atoms with Crippen molar-refractivity contribution < 1.29 is 0 Å². The maximum absolute atomic E-state index is 2.33. The summed E-state index contributed by atoms with van der Waals surface area (Å²) < 4.78 is 0. The van der Waals surface area contributed by atoms with Crippen molar-refractivity contribution >= 4 is 6.08 Å². The minimum Gasteiger partial charge on any atom is -0.0838 e. The van der Waals surface area contributed by atoms with Crippen LogP contribution < -0.4 is 0 Å². The van der Waals surface area contributed by atoms with Crippen molar-refractivity contribution in [3.05, 3.63) is 59.0 Å². The SMILES string of the molecule is [CH]1C=Cc2cc3c(cc21)CC=CC3. The number of rotatable bonds is 0. The summed E-state index contributed by atoms with van der Waals surface area (Å²) in [6, 6.07) is 4.66. The Labute approximate surface area is 78.6 Å². The second kappa shape index (κ2) is 2.59. The monoisotopic (exact) mass is 167 g/mol. The van der Waals surface area contributed by atoms with Gasteiger partial charge in [0, 0.05) is 6.42 Å². The van der Waals surface area contributed by atoms with Crippen molar-refractivity contribution in [1.82, 2.24) is 0 Å². The second-order valence-electron chi connectivity index (χ2n) is 3.66. The molecule has 0 heteroatoms. The molecule has 0 spiro atoms. The number of hydrogen-bond acceptors (Lipinski definition) is 0. The Morgan fingerprint density at radius 3 is 2.31 bits per heavy atom. The largest absolute Gasteiger partial charge is 0.0838 e. The normalized spacial score (nSPS) is 17.2. The summed E-state index contributed by atoms with van der Waals surface area (Å²) in [4.78, 5) is 0. The van der Waals surface area contributed by atoms with Crippen LogP contribution in [-0.2, 0) is 12.8 Å². The van der Waals surface area contributed by atoms with Gasteiger partial charge in [-0.25, -0.2) is 0 Å². The van der Waals surface area contributed by atoms with Crippen LogP contribution in [0, 0.1) is 6.42 Å². The van der Waals surface area contributed by atoms with Gasteiger partial charge in [-0.3, -0.25) is 0 Å². The fourth-order valence-electron chi connectivity index (χ4n) is 2.07. The van der Waals surface area contributed by atoms with Gasteiger partial charge in [0.25, 0.3) is 0 Å². The minimum absolute atomic E-state index is 1.11. The maximum Gasteiger partial charge on any atom is 0.0131 e. The highest BCUT2D eigenvalue weighted by Crippen LogP contribution is 2.27. The van der Waals surface area contributed by atoms with Crippen LogP contribution in [0.5, 0.6) is 0 Å². The van der Waals surface area contributed by atoms with Crippen molar-refractivity contribution in [3.8, 4) is 0 Å². The van der Waals surface area contributed by atoms with Gasteiger partial charge in [-0.2, -0.15) is 0 Å². The quantitative estimate of drug-likeness (QED) is 0.521. The summed E-state index contributed by atoms with van der Waals surface area (Å²) in [5.41, 5.74) is 5.77. The van der Waals surface area contributed by atoms with E-state index in [0.29, 0.717) is 0 Å². The van der Waals surface area contributed by atoms with Gasteiger partial charge in [0.2, 0.25) is 0 Å². The van der Waals surface area contributed by atoms with E-state index >= 15 is 0 Å². The predicted molar refractivity (Wildman–Crippen MR) is 55.4 cm³/mol. The number of fused-ring (bicyclic) bond motifs is 2. The van der Waals surface area contributed by atoms with Gasteiger partial charge in [0.05, 0.1) is 0 Å². The first-order valence-corrected chi connectivity index (χ1v) is 4.76. The Bertz CT molecular complexity index is 408. The van der Waals surface area contributed by atoms with Crippen molar-refractivity contribution in [3.63, 3.8) is 0 Å². The fraction of sp³-hybridized carbons (Fsp3) is 0.154. The zero-order chi connectivity index (χ0) is 8.67. The molecule has 63 valence electrons. The van der Waals surface area contributed by atoms with Crippen LogP contribution in [0.2, 0.25) is 0 Å². The van der Waals surface area contributed by atoms with Crippen LogP contribution in [0.4, 0.5) is 0 Å². The smallest absolute Gasteiger partial charge is 0.0131 e. The van der Waals surface area contributed by atoms with E-state index in [9.17, 15) is 0 Å². The van der Waals surface area contributed by atoms with E-state index in [0.717, 1.165) is 12.8 Å². The van der Waals surface area contributed by atoms with E-state index in [1.807, 2.05) is 0 Å². The maximum atomic E-state index is 2.33. The van der Waals surface area contributed by atoms with Gasteiger partial charge in [-0.1, -0.05) is 36.4 Å².